The van der Waals surface area contributed by atoms with E-state index in [4.69, 9.17) is 5.26 Å². The van der Waals surface area contributed by atoms with Crippen molar-refractivity contribution in [2.75, 3.05) is 23.7 Å². The van der Waals surface area contributed by atoms with Crippen molar-refractivity contribution in [2.45, 2.75) is 0 Å². The third-order valence-corrected chi connectivity index (χ3v) is 2.59. The fourth-order valence-electron chi connectivity index (χ4n) is 1.69. The molecular formula is C15H15N3. The summed E-state index contributed by atoms with van der Waals surface area (Å²) in [5.41, 5.74) is 2.67. The second-order valence-electron chi connectivity index (χ2n) is 3.88. The average Bonchev–Trinajstić information content (AvgIpc) is 2.45. The zero-order chi connectivity index (χ0) is 12.6. The van der Waals surface area contributed by atoms with E-state index in [1.165, 1.54) is 0 Å². The van der Waals surface area contributed by atoms with E-state index in [-0.39, 0.29) is 0 Å². The summed E-state index contributed by atoms with van der Waals surface area (Å²) in [4.78, 5) is 0. The van der Waals surface area contributed by atoms with E-state index >= 15 is 0 Å². The highest BCUT2D eigenvalue weighted by Gasteiger charge is 1.98. The Labute approximate surface area is 107 Å². The third kappa shape index (κ3) is 3.26. The van der Waals surface area contributed by atoms with Gasteiger partial charge in [0.1, 0.15) is 6.07 Å². The monoisotopic (exact) mass is 237 g/mol. The minimum Gasteiger partial charge on any atom is -0.383 e. The summed E-state index contributed by atoms with van der Waals surface area (Å²) in [6.07, 6.45) is 0. The number of anilines is 2. The van der Waals surface area contributed by atoms with Crippen LogP contribution in [0.15, 0.2) is 54.6 Å². The normalized spacial score (nSPS) is 9.50. The van der Waals surface area contributed by atoms with Gasteiger partial charge in [-0.1, -0.05) is 30.3 Å². The Morgan fingerprint density at radius 3 is 2.28 bits per heavy atom. The molecule has 0 amide bonds. The molecule has 18 heavy (non-hydrogen) atoms. The van der Waals surface area contributed by atoms with Crippen LogP contribution in [0, 0.1) is 11.3 Å². The molecule has 0 radical (unpaired) electrons. The van der Waals surface area contributed by atoms with Gasteiger partial charge in [0.05, 0.1) is 11.3 Å². The molecule has 2 aromatic carbocycles. The van der Waals surface area contributed by atoms with E-state index in [1.807, 2.05) is 54.6 Å². The molecule has 0 spiro atoms. The molecule has 0 saturated carbocycles. The van der Waals surface area contributed by atoms with Gasteiger partial charge >= 0.3 is 0 Å². The molecule has 90 valence electrons. The van der Waals surface area contributed by atoms with E-state index in [0.717, 1.165) is 24.5 Å². The molecule has 2 rings (SSSR count). The number of para-hydroxylation sites is 2. The Morgan fingerprint density at radius 2 is 1.50 bits per heavy atom. The number of hydrogen-bond donors (Lipinski definition) is 2. The Bertz CT molecular complexity index is 529. The first-order valence-electron chi connectivity index (χ1n) is 5.92. The van der Waals surface area contributed by atoms with Crippen molar-refractivity contribution < 1.29 is 0 Å². The standard InChI is InChI=1S/C15H15N3/c16-12-13-6-4-5-9-15(13)18-11-10-17-14-7-2-1-3-8-14/h1-9,17-18H,10-11H2. The van der Waals surface area contributed by atoms with Crippen LogP contribution in [0.5, 0.6) is 0 Å². The molecule has 0 saturated heterocycles. The van der Waals surface area contributed by atoms with Gasteiger partial charge in [0, 0.05) is 18.8 Å². The summed E-state index contributed by atoms with van der Waals surface area (Å²) in [7, 11) is 0. The minimum atomic E-state index is 0.678. The molecule has 0 unspecified atom stereocenters. The molecular weight excluding hydrogens is 222 g/mol. The Hall–Kier alpha value is -2.47. The minimum absolute atomic E-state index is 0.678. The van der Waals surface area contributed by atoms with Gasteiger partial charge in [0.15, 0.2) is 0 Å². The second-order valence-corrected chi connectivity index (χ2v) is 3.88. The number of benzene rings is 2. The van der Waals surface area contributed by atoms with Crippen molar-refractivity contribution in [3.05, 3.63) is 60.2 Å². The molecule has 2 N–H and O–H groups in total. The molecule has 0 aromatic heterocycles. The van der Waals surface area contributed by atoms with E-state index in [2.05, 4.69) is 16.7 Å². The van der Waals surface area contributed by atoms with Crippen LogP contribution in [0.2, 0.25) is 0 Å². The second kappa shape index (κ2) is 6.31. The first-order valence-corrected chi connectivity index (χ1v) is 5.92. The quantitative estimate of drug-likeness (QED) is 0.786. The molecule has 2 aromatic rings. The maximum absolute atomic E-state index is 8.95. The SMILES string of the molecule is N#Cc1ccccc1NCCNc1ccccc1. The summed E-state index contributed by atoms with van der Waals surface area (Å²) < 4.78 is 0. The highest BCUT2D eigenvalue weighted by molar-refractivity contribution is 5.57. The number of nitrogens with one attached hydrogen (secondary N) is 2. The number of rotatable bonds is 5. The van der Waals surface area contributed by atoms with Gasteiger partial charge in [-0.05, 0) is 24.3 Å². The van der Waals surface area contributed by atoms with Crippen LogP contribution in [0.1, 0.15) is 5.56 Å². The first kappa shape index (κ1) is 12.0. The number of hydrogen-bond acceptors (Lipinski definition) is 3. The zero-order valence-corrected chi connectivity index (χ0v) is 10.1. The van der Waals surface area contributed by atoms with Crippen LogP contribution in [0.4, 0.5) is 11.4 Å². The van der Waals surface area contributed by atoms with Crippen molar-refractivity contribution in [1.82, 2.24) is 0 Å². The average molecular weight is 237 g/mol. The van der Waals surface area contributed by atoms with Gasteiger partial charge < -0.3 is 10.6 Å². The summed E-state index contributed by atoms with van der Waals surface area (Å²) in [6, 6.07) is 19.7. The van der Waals surface area contributed by atoms with E-state index in [1.54, 1.807) is 0 Å². The van der Waals surface area contributed by atoms with Crippen LogP contribution in [0.25, 0.3) is 0 Å². The summed E-state index contributed by atoms with van der Waals surface area (Å²) in [5.74, 6) is 0. The fraction of sp³-hybridized carbons (Fsp3) is 0.133. The number of nitrogens with zero attached hydrogens (tertiary/aromatic N) is 1. The molecule has 0 atom stereocenters. The van der Waals surface area contributed by atoms with Crippen molar-refractivity contribution in [1.29, 1.82) is 5.26 Å². The first-order chi connectivity index (χ1) is 8.90. The highest BCUT2D eigenvalue weighted by atomic mass is 14.9. The van der Waals surface area contributed by atoms with E-state index in [9.17, 15) is 0 Å². The van der Waals surface area contributed by atoms with Gasteiger partial charge in [0.2, 0.25) is 0 Å². The number of nitriles is 1. The lowest BCUT2D eigenvalue weighted by molar-refractivity contribution is 1.08. The van der Waals surface area contributed by atoms with E-state index in [0.29, 0.717) is 5.56 Å². The van der Waals surface area contributed by atoms with Crippen molar-refractivity contribution >= 4 is 11.4 Å². The van der Waals surface area contributed by atoms with Crippen LogP contribution >= 0.6 is 0 Å². The largest absolute Gasteiger partial charge is 0.383 e. The van der Waals surface area contributed by atoms with Gasteiger partial charge in [-0.3, -0.25) is 0 Å². The lowest BCUT2D eigenvalue weighted by Gasteiger charge is -2.09. The fourth-order valence-corrected chi connectivity index (χ4v) is 1.69. The maximum atomic E-state index is 8.95. The van der Waals surface area contributed by atoms with Crippen LogP contribution in [-0.4, -0.2) is 13.1 Å². The smallest absolute Gasteiger partial charge is 0.101 e. The van der Waals surface area contributed by atoms with Crippen molar-refractivity contribution in [2.24, 2.45) is 0 Å². The predicted octanol–water partition coefficient (Wildman–Crippen LogP) is 3.08. The molecule has 3 nitrogen and oxygen atoms in total. The van der Waals surface area contributed by atoms with Crippen molar-refractivity contribution in [3.8, 4) is 6.07 Å². The molecule has 0 aliphatic carbocycles. The van der Waals surface area contributed by atoms with E-state index < -0.39 is 0 Å². The predicted molar refractivity (Wildman–Crippen MR) is 74.6 cm³/mol. The Balaban J connectivity index is 1.81. The van der Waals surface area contributed by atoms with Gasteiger partial charge in [-0.2, -0.15) is 5.26 Å². The molecule has 0 bridgehead atoms. The van der Waals surface area contributed by atoms with Gasteiger partial charge in [-0.15, -0.1) is 0 Å². The lowest BCUT2D eigenvalue weighted by atomic mass is 10.2. The van der Waals surface area contributed by atoms with Crippen LogP contribution in [-0.2, 0) is 0 Å². The van der Waals surface area contributed by atoms with Gasteiger partial charge in [-0.25, -0.2) is 0 Å². The molecule has 0 aliphatic heterocycles. The maximum Gasteiger partial charge on any atom is 0.101 e. The van der Waals surface area contributed by atoms with Crippen LogP contribution < -0.4 is 10.6 Å². The summed E-state index contributed by atoms with van der Waals surface area (Å²) in [6.45, 7) is 1.58. The summed E-state index contributed by atoms with van der Waals surface area (Å²) in [5, 5.41) is 15.5. The zero-order valence-electron chi connectivity index (χ0n) is 10.1. The van der Waals surface area contributed by atoms with Gasteiger partial charge in [0.25, 0.3) is 0 Å². The highest BCUT2D eigenvalue weighted by Crippen LogP contribution is 2.12. The Kier molecular flexibility index (Phi) is 4.21. The van der Waals surface area contributed by atoms with Crippen molar-refractivity contribution in [3.63, 3.8) is 0 Å². The topological polar surface area (TPSA) is 47.9 Å². The molecule has 0 heterocycles. The third-order valence-electron chi connectivity index (χ3n) is 2.59. The lowest BCUT2D eigenvalue weighted by Crippen LogP contribution is -2.14. The molecule has 0 fully saturated rings. The van der Waals surface area contributed by atoms with Crippen LogP contribution in [0.3, 0.4) is 0 Å². The summed E-state index contributed by atoms with van der Waals surface area (Å²) >= 11 is 0. The molecule has 3 heteroatoms. The Morgan fingerprint density at radius 1 is 0.833 bits per heavy atom. The molecule has 0 aliphatic rings.